The van der Waals surface area contributed by atoms with E-state index in [1.54, 1.807) is 36.4 Å². The highest BCUT2D eigenvalue weighted by Gasteiger charge is 2.09. The monoisotopic (exact) mass is 512 g/mol. The number of thioether (sulfide) groups is 1. The Morgan fingerprint density at radius 3 is 2.65 bits per heavy atom. The van der Waals surface area contributed by atoms with Crippen LogP contribution in [0.1, 0.15) is 11.1 Å². The predicted octanol–water partition coefficient (Wildman–Crippen LogP) is 5.82. The molecule has 1 amide bonds. The van der Waals surface area contributed by atoms with Crippen LogP contribution >= 0.6 is 34.7 Å². The second-order valence-corrected chi connectivity index (χ2v) is 9.49. The number of nitrogens with one attached hydrogen (secondary N) is 1. The third-order valence-electron chi connectivity index (χ3n) is 4.48. The van der Waals surface area contributed by atoms with Crippen LogP contribution in [0.15, 0.2) is 82.2 Å². The van der Waals surface area contributed by atoms with Crippen LogP contribution in [-0.4, -0.2) is 28.1 Å². The molecule has 4 rings (SSSR count). The second kappa shape index (κ2) is 11.7. The van der Waals surface area contributed by atoms with Gasteiger partial charge in [0.05, 0.1) is 17.0 Å². The number of nitrogens with zero attached hydrogens (tertiary/aromatic N) is 3. The normalized spacial score (nSPS) is 11.0. The fraction of sp³-hybridized carbons (Fsp3) is 0.0833. The zero-order chi connectivity index (χ0) is 23.8. The van der Waals surface area contributed by atoms with E-state index < -0.39 is 5.82 Å². The molecule has 0 aliphatic rings. The van der Waals surface area contributed by atoms with Gasteiger partial charge in [0.2, 0.25) is 0 Å². The van der Waals surface area contributed by atoms with Crippen LogP contribution in [0.5, 0.6) is 5.75 Å². The number of hydrogen-bond donors (Lipinski definition) is 1. The SMILES string of the molecule is O=C(CSc1nnc(-c2ccccc2)s1)NN=Cc1ccc(OCc2c(F)cccc2Cl)cc1. The van der Waals surface area contributed by atoms with Gasteiger partial charge in [-0.15, -0.1) is 10.2 Å². The lowest BCUT2D eigenvalue weighted by molar-refractivity contribution is -0.118. The van der Waals surface area contributed by atoms with Crippen LogP contribution in [0, 0.1) is 5.82 Å². The molecular weight excluding hydrogens is 495 g/mol. The highest BCUT2D eigenvalue weighted by Crippen LogP contribution is 2.29. The average molecular weight is 513 g/mol. The maximum absolute atomic E-state index is 13.8. The number of rotatable bonds is 9. The summed E-state index contributed by atoms with van der Waals surface area (Å²) < 4.78 is 20.1. The highest BCUT2D eigenvalue weighted by atomic mass is 35.5. The summed E-state index contributed by atoms with van der Waals surface area (Å²) in [6.07, 6.45) is 1.53. The van der Waals surface area contributed by atoms with Gasteiger partial charge in [-0.25, -0.2) is 9.82 Å². The van der Waals surface area contributed by atoms with E-state index in [1.165, 1.54) is 35.4 Å². The molecule has 1 heterocycles. The van der Waals surface area contributed by atoms with E-state index >= 15 is 0 Å². The topological polar surface area (TPSA) is 76.5 Å². The third-order valence-corrected chi connectivity index (χ3v) is 6.94. The Labute approximate surface area is 208 Å². The van der Waals surface area contributed by atoms with Crippen molar-refractivity contribution in [3.8, 4) is 16.3 Å². The van der Waals surface area contributed by atoms with Gasteiger partial charge in [-0.05, 0) is 42.0 Å². The molecule has 0 atom stereocenters. The van der Waals surface area contributed by atoms with Gasteiger partial charge in [-0.2, -0.15) is 5.10 Å². The summed E-state index contributed by atoms with van der Waals surface area (Å²) in [5.74, 6) is 0.0720. The molecule has 0 spiro atoms. The lowest BCUT2D eigenvalue weighted by Crippen LogP contribution is -2.19. The van der Waals surface area contributed by atoms with Gasteiger partial charge < -0.3 is 4.74 Å². The zero-order valence-electron chi connectivity index (χ0n) is 17.7. The lowest BCUT2D eigenvalue weighted by Gasteiger charge is -2.08. The molecule has 0 aliphatic heterocycles. The van der Waals surface area contributed by atoms with E-state index in [1.807, 2.05) is 30.3 Å². The zero-order valence-corrected chi connectivity index (χ0v) is 20.0. The van der Waals surface area contributed by atoms with E-state index in [0.717, 1.165) is 16.1 Å². The minimum absolute atomic E-state index is 0.0220. The van der Waals surface area contributed by atoms with Gasteiger partial charge in [-0.1, -0.05) is 71.1 Å². The van der Waals surface area contributed by atoms with Crippen LogP contribution in [0.25, 0.3) is 10.6 Å². The number of ether oxygens (including phenoxy) is 1. The van der Waals surface area contributed by atoms with Crippen LogP contribution < -0.4 is 10.2 Å². The van der Waals surface area contributed by atoms with E-state index in [4.69, 9.17) is 16.3 Å². The Bertz CT molecular complexity index is 1260. The fourth-order valence-corrected chi connectivity index (χ4v) is 4.65. The Balaban J connectivity index is 1.22. The summed E-state index contributed by atoms with van der Waals surface area (Å²) in [6, 6.07) is 21.3. The van der Waals surface area contributed by atoms with E-state index in [0.29, 0.717) is 20.7 Å². The average Bonchev–Trinajstić information content (AvgIpc) is 3.33. The van der Waals surface area contributed by atoms with Gasteiger partial charge in [0, 0.05) is 11.1 Å². The summed E-state index contributed by atoms with van der Waals surface area (Å²) >= 11 is 8.75. The molecule has 3 aromatic carbocycles. The summed E-state index contributed by atoms with van der Waals surface area (Å²) in [4.78, 5) is 12.1. The second-order valence-electron chi connectivity index (χ2n) is 6.88. The lowest BCUT2D eigenvalue weighted by atomic mass is 10.2. The van der Waals surface area contributed by atoms with E-state index in [2.05, 4.69) is 20.7 Å². The van der Waals surface area contributed by atoms with Crippen molar-refractivity contribution in [1.82, 2.24) is 15.6 Å². The summed E-state index contributed by atoms with van der Waals surface area (Å²) in [5.41, 5.74) is 4.56. The molecule has 4 aromatic rings. The molecule has 0 saturated heterocycles. The molecular formula is C24H18ClFN4O2S2. The van der Waals surface area contributed by atoms with Crippen molar-refractivity contribution in [1.29, 1.82) is 0 Å². The number of hydrazone groups is 1. The highest BCUT2D eigenvalue weighted by molar-refractivity contribution is 8.01. The first kappa shape index (κ1) is 23.9. The molecule has 0 unspecified atom stereocenters. The maximum atomic E-state index is 13.8. The van der Waals surface area contributed by atoms with Gasteiger partial charge >= 0.3 is 0 Å². The third kappa shape index (κ3) is 6.63. The fourth-order valence-electron chi connectivity index (χ4n) is 2.78. The first-order valence-corrected chi connectivity index (χ1v) is 12.3. The van der Waals surface area contributed by atoms with Crippen LogP contribution in [0.2, 0.25) is 5.02 Å². The molecule has 6 nitrogen and oxygen atoms in total. The van der Waals surface area contributed by atoms with Crippen molar-refractivity contribution in [3.63, 3.8) is 0 Å². The summed E-state index contributed by atoms with van der Waals surface area (Å²) in [6.45, 7) is 0.0220. The minimum Gasteiger partial charge on any atom is -0.489 e. The van der Waals surface area contributed by atoms with Crippen LogP contribution in [-0.2, 0) is 11.4 Å². The molecule has 1 aromatic heterocycles. The number of halogens is 2. The smallest absolute Gasteiger partial charge is 0.250 e. The van der Waals surface area contributed by atoms with E-state index in [9.17, 15) is 9.18 Å². The number of benzene rings is 3. The number of hydrogen-bond acceptors (Lipinski definition) is 7. The van der Waals surface area contributed by atoms with Gasteiger partial charge in [-0.3, -0.25) is 4.79 Å². The molecule has 0 radical (unpaired) electrons. The molecule has 172 valence electrons. The van der Waals surface area contributed by atoms with Crippen LogP contribution in [0.4, 0.5) is 4.39 Å². The van der Waals surface area contributed by atoms with E-state index in [-0.39, 0.29) is 18.3 Å². The molecule has 1 N–H and O–H groups in total. The van der Waals surface area contributed by atoms with Crippen molar-refractivity contribution in [2.24, 2.45) is 5.10 Å². The molecule has 0 bridgehead atoms. The van der Waals surface area contributed by atoms with Crippen LogP contribution in [0.3, 0.4) is 0 Å². The van der Waals surface area contributed by atoms with Crippen molar-refractivity contribution < 1.29 is 13.9 Å². The predicted molar refractivity (Wildman–Crippen MR) is 134 cm³/mol. The molecule has 0 fully saturated rings. The first-order valence-electron chi connectivity index (χ1n) is 10.1. The number of aromatic nitrogens is 2. The molecule has 0 aliphatic carbocycles. The molecule has 10 heteroatoms. The van der Waals surface area contributed by atoms with Crippen molar-refractivity contribution in [2.45, 2.75) is 10.9 Å². The van der Waals surface area contributed by atoms with Gasteiger partial charge in [0.15, 0.2) is 4.34 Å². The molecule has 0 saturated carbocycles. The summed E-state index contributed by atoms with van der Waals surface area (Å²) in [5, 5.41) is 13.4. The Kier molecular flexibility index (Phi) is 8.24. The minimum atomic E-state index is -0.409. The van der Waals surface area contributed by atoms with Crippen molar-refractivity contribution >= 4 is 46.8 Å². The number of carbonyl (C=O) groups is 1. The van der Waals surface area contributed by atoms with Gasteiger partial charge in [0.1, 0.15) is 23.2 Å². The standard InChI is InChI=1S/C24H18ClFN4O2S2/c25-20-7-4-8-21(26)19(20)14-32-18-11-9-16(10-12-18)13-27-28-22(31)15-33-24-30-29-23(34-24)17-5-2-1-3-6-17/h1-13H,14-15H2,(H,28,31). The first-order chi connectivity index (χ1) is 16.6. The Morgan fingerprint density at radius 2 is 1.88 bits per heavy atom. The quantitative estimate of drug-likeness (QED) is 0.174. The number of carbonyl (C=O) groups excluding carboxylic acids is 1. The molecule has 34 heavy (non-hydrogen) atoms. The van der Waals surface area contributed by atoms with Gasteiger partial charge in [0.25, 0.3) is 5.91 Å². The number of amides is 1. The largest absolute Gasteiger partial charge is 0.489 e. The van der Waals surface area contributed by atoms with Crippen molar-refractivity contribution in [2.75, 3.05) is 5.75 Å². The Morgan fingerprint density at radius 1 is 1.09 bits per heavy atom. The Hall–Kier alpha value is -3.27. The maximum Gasteiger partial charge on any atom is 0.250 e. The van der Waals surface area contributed by atoms with Crippen molar-refractivity contribution in [3.05, 3.63) is 94.8 Å². The summed E-state index contributed by atoms with van der Waals surface area (Å²) in [7, 11) is 0.